The van der Waals surface area contributed by atoms with Crippen LogP contribution in [0, 0.1) is 13.8 Å². The van der Waals surface area contributed by atoms with Crippen molar-refractivity contribution >= 4 is 29.3 Å². The molecule has 2 rings (SSSR count). The number of nitrogens with one attached hydrogen (secondary N) is 1. The molecule has 0 bridgehead atoms. The minimum atomic E-state index is -0.0537. The number of carbonyl (C=O) groups is 2. The topological polar surface area (TPSA) is 49.4 Å². The molecule has 2 aromatic rings. The number of anilines is 1. The molecule has 1 N–H and O–H groups in total. The van der Waals surface area contributed by atoms with E-state index in [1.165, 1.54) is 21.6 Å². The first-order chi connectivity index (χ1) is 11.9. The van der Waals surface area contributed by atoms with E-state index in [9.17, 15) is 9.59 Å². The number of rotatable bonds is 6. The second kappa shape index (κ2) is 8.72. The van der Waals surface area contributed by atoms with Crippen molar-refractivity contribution in [1.29, 1.82) is 0 Å². The Kier molecular flexibility index (Phi) is 6.65. The maximum absolute atomic E-state index is 12.1. The lowest BCUT2D eigenvalue weighted by Crippen LogP contribution is -2.21. The second-order valence-corrected chi connectivity index (χ2v) is 7.23. The Morgan fingerprint density at radius 3 is 2.36 bits per heavy atom. The van der Waals surface area contributed by atoms with Crippen LogP contribution in [0.4, 0.5) is 5.69 Å². The van der Waals surface area contributed by atoms with Gasteiger partial charge in [0, 0.05) is 31.1 Å². The molecule has 2 amide bonds. The number of aryl methyl sites for hydroxylation is 2. The van der Waals surface area contributed by atoms with Gasteiger partial charge in [-0.3, -0.25) is 9.59 Å². The van der Waals surface area contributed by atoms with Crippen LogP contribution in [0.2, 0.25) is 0 Å². The Labute approximate surface area is 153 Å². The average Bonchev–Trinajstić information content (AvgIpc) is 2.58. The number of benzene rings is 2. The zero-order valence-electron chi connectivity index (χ0n) is 15.1. The molecule has 2 aromatic carbocycles. The summed E-state index contributed by atoms with van der Waals surface area (Å²) in [6.07, 6.45) is 0. The molecule has 0 spiro atoms. The Morgan fingerprint density at radius 2 is 1.72 bits per heavy atom. The number of amides is 2. The zero-order chi connectivity index (χ0) is 18.4. The van der Waals surface area contributed by atoms with Crippen LogP contribution in [0.3, 0.4) is 0 Å². The molecule has 0 aliphatic carbocycles. The van der Waals surface area contributed by atoms with Crippen LogP contribution < -0.4 is 5.32 Å². The summed E-state index contributed by atoms with van der Waals surface area (Å²) >= 11 is 1.60. The Bertz CT molecular complexity index is 755. The van der Waals surface area contributed by atoms with Gasteiger partial charge in [0.15, 0.2) is 0 Å². The van der Waals surface area contributed by atoms with Gasteiger partial charge in [-0.25, -0.2) is 0 Å². The number of nitrogens with zero attached hydrogens (tertiary/aromatic N) is 1. The van der Waals surface area contributed by atoms with E-state index in [4.69, 9.17) is 0 Å². The van der Waals surface area contributed by atoms with Gasteiger partial charge in [-0.1, -0.05) is 23.8 Å². The lowest BCUT2D eigenvalue weighted by molar-refractivity contribution is -0.113. The fraction of sp³-hybridized carbons (Fsp3) is 0.300. The predicted octanol–water partition coefficient (Wildman–Crippen LogP) is 3.88. The van der Waals surface area contributed by atoms with Gasteiger partial charge in [0.05, 0.1) is 5.75 Å². The van der Waals surface area contributed by atoms with E-state index in [0.717, 1.165) is 5.75 Å². The maximum atomic E-state index is 12.1. The van der Waals surface area contributed by atoms with Gasteiger partial charge >= 0.3 is 0 Å². The highest BCUT2D eigenvalue weighted by Gasteiger charge is 2.08. The highest BCUT2D eigenvalue weighted by Crippen LogP contribution is 2.18. The summed E-state index contributed by atoms with van der Waals surface area (Å²) < 4.78 is 0. The monoisotopic (exact) mass is 356 g/mol. The molecule has 25 heavy (non-hydrogen) atoms. The van der Waals surface area contributed by atoms with Crippen LogP contribution in [0.1, 0.15) is 27.0 Å². The van der Waals surface area contributed by atoms with E-state index in [0.29, 0.717) is 17.0 Å². The molecule has 0 aliphatic rings. The lowest BCUT2D eigenvalue weighted by Gasteiger charge is -2.11. The minimum absolute atomic E-state index is 0.0398. The van der Waals surface area contributed by atoms with E-state index < -0.39 is 0 Å². The van der Waals surface area contributed by atoms with Crippen molar-refractivity contribution in [2.75, 3.05) is 25.2 Å². The van der Waals surface area contributed by atoms with E-state index in [1.807, 2.05) is 0 Å². The Balaban J connectivity index is 1.84. The zero-order valence-corrected chi connectivity index (χ0v) is 15.9. The van der Waals surface area contributed by atoms with Gasteiger partial charge in [0.25, 0.3) is 5.91 Å². The summed E-state index contributed by atoms with van der Waals surface area (Å²) in [5, 5.41) is 2.86. The number of hydrogen-bond donors (Lipinski definition) is 1. The van der Waals surface area contributed by atoms with Gasteiger partial charge in [-0.15, -0.1) is 11.8 Å². The molecule has 0 aliphatic heterocycles. The molecule has 5 heteroatoms. The molecule has 0 fully saturated rings. The molecule has 132 valence electrons. The third-order valence-corrected chi connectivity index (χ3v) is 4.80. The molecule has 0 radical (unpaired) electrons. The van der Waals surface area contributed by atoms with Crippen LogP contribution in [0.15, 0.2) is 42.5 Å². The summed E-state index contributed by atoms with van der Waals surface area (Å²) in [7, 11) is 3.43. The second-order valence-electron chi connectivity index (χ2n) is 6.25. The number of carbonyl (C=O) groups excluding carboxylic acids is 2. The highest BCUT2D eigenvalue weighted by molar-refractivity contribution is 7.99. The molecule has 0 heterocycles. The predicted molar refractivity (Wildman–Crippen MR) is 105 cm³/mol. The van der Waals surface area contributed by atoms with Gasteiger partial charge in [0.1, 0.15) is 0 Å². The first kappa shape index (κ1) is 19.1. The highest BCUT2D eigenvalue weighted by atomic mass is 32.2. The van der Waals surface area contributed by atoms with Crippen molar-refractivity contribution in [2.45, 2.75) is 19.6 Å². The minimum Gasteiger partial charge on any atom is -0.345 e. The molecule has 0 aromatic heterocycles. The average molecular weight is 356 g/mol. The fourth-order valence-electron chi connectivity index (χ4n) is 2.36. The molecule has 0 saturated carbocycles. The molecule has 4 nitrogen and oxygen atoms in total. The Morgan fingerprint density at radius 1 is 1.04 bits per heavy atom. The van der Waals surface area contributed by atoms with Crippen molar-refractivity contribution in [1.82, 2.24) is 4.90 Å². The van der Waals surface area contributed by atoms with Crippen LogP contribution in [0.25, 0.3) is 0 Å². The molecule has 0 atom stereocenters. The quantitative estimate of drug-likeness (QED) is 0.854. The first-order valence-corrected chi connectivity index (χ1v) is 9.27. The lowest BCUT2D eigenvalue weighted by atomic mass is 10.1. The van der Waals surface area contributed by atoms with Gasteiger partial charge in [-0.2, -0.15) is 0 Å². The maximum Gasteiger partial charge on any atom is 0.253 e. The van der Waals surface area contributed by atoms with Crippen molar-refractivity contribution in [3.63, 3.8) is 0 Å². The van der Waals surface area contributed by atoms with Crippen LogP contribution >= 0.6 is 11.8 Å². The fourth-order valence-corrected chi connectivity index (χ4v) is 3.25. The number of thioether (sulfide) groups is 1. The van der Waals surface area contributed by atoms with Crippen LogP contribution in [0.5, 0.6) is 0 Å². The van der Waals surface area contributed by atoms with Gasteiger partial charge in [-0.05, 0) is 49.2 Å². The van der Waals surface area contributed by atoms with Gasteiger partial charge in [0.2, 0.25) is 5.91 Å². The smallest absolute Gasteiger partial charge is 0.253 e. The van der Waals surface area contributed by atoms with Gasteiger partial charge < -0.3 is 10.2 Å². The SMILES string of the molecule is Cc1ccc(C)c(CSCC(=O)Nc2ccc(C(=O)N(C)C)cc2)c1. The van der Waals surface area contributed by atoms with E-state index >= 15 is 0 Å². The van der Waals surface area contributed by atoms with E-state index in [-0.39, 0.29) is 11.8 Å². The summed E-state index contributed by atoms with van der Waals surface area (Å²) in [5.74, 6) is 1.12. The standard InChI is InChI=1S/C20H24N2O2S/c1-14-5-6-15(2)17(11-14)12-25-13-19(23)21-18-9-7-16(8-10-18)20(24)22(3)4/h5-11H,12-13H2,1-4H3,(H,21,23). The third-order valence-electron chi connectivity index (χ3n) is 3.82. The van der Waals surface area contributed by atoms with Crippen LogP contribution in [-0.2, 0) is 10.5 Å². The number of hydrogen-bond acceptors (Lipinski definition) is 3. The molecular formula is C20H24N2O2S. The van der Waals surface area contributed by atoms with Crippen molar-refractivity contribution in [3.05, 3.63) is 64.7 Å². The molecular weight excluding hydrogens is 332 g/mol. The molecule has 0 saturated heterocycles. The molecule has 0 unspecified atom stereocenters. The van der Waals surface area contributed by atoms with Crippen molar-refractivity contribution in [3.8, 4) is 0 Å². The third kappa shape index (κ3) is 5.64. The summed E-state index contributed by atoms with van der Waals surface area (Å²) in [6.45, 7) is 4.16. The first-order valence-electron chi connectivity index (χ1n) is 8.12. The van der Waals surface area contributed by atoms with E-state index in [1.54, 1.807) is 50.1 Å². The summed E-state index contributed by atoms with van der Waals surface area (Å²) in [6, 6.07) is 13.3. The summed E-state index contributed by atoms with van der Waals surface area (Å²) in [4.78, 5) is 25.4. The largest absolute Gasteiger partial charge is 0.345 e. The normalized spacial score (nSPS) is 10.4. The summed E-state index contributed by atoms with van der Waals surface area (Å²) in [5.41, 5.74) is 5.06. The Hall–Kier alpha value is -2.27. The van der Waals surface area contributed by atoms with Crippen molar-refractivity contribution in [2.24, 2.45) is 0 Å². The van der Waals surface area contributed by atoms with E-state index in [2.05, 4.69) is 37.4 Å². The van der Waals surface area contributed by atoms with Crippen LogP contribution in [-0.4, -0.2) is 36.6 Å². The van der Waals surface area contributed by atoms with Crippen molar-refractivity contribution < 1.29 is 9.59 Å².